The minimum atomic E-state index is -0.413. The molecule has 0 aliphatic carbocycles. The van der Waals surface area contributed by atoms with Crippen molar-refractivity contribution >= 4 is 5.91 Å². The van der Waals surface area contributed by atoms with Crippen molar-refractivity contribution in [2.24, 2.45) is 0 Å². The van der Waals surface area contributed by atoms with Gasteiger partial charge in [-0.05, 0) is 82.3 Å². The second-order valence-corrected chi connectivity index (χ2v) is 10.7. The summed E-state index contributed by atoms with van der Waals surface area (Å²) in [6, 6.07) is 9.24. The summed E-state index contributed by atoms with van der Waals surface area (Å²) in [5, 5.41) is 18.5. The Morgan fingerprint density at radius 3 is 2.52 bits per heavy atom. The van der Waals surface area contributed by atoms with E-state index in [1.807, 2.05) is 63.8 Å². The predicted molar refractivity (Wildman–Crippen MR) is 156 cm³/mol. The summed E-state index contributed by atoms with van der Waals surface area (Å²) >= 11 is 0. The number of hydrogen-bond acceptors (Lipinski definition) is 6. The van der Waals surface area contributed by atoms with Gasteiger partial charge in [0.15, 0.2) is 11.5 Å². The van der Waals surface area contributed by atoms with Crippen LogP contribution in [0.5, 0.6) is 17.2 Å². The van der Waals surface area contributed by atoms with Gasteiger partial charge in [0.1, 0.15) is 17.1 Å². The maximum atomic E-state index is 13.8. The van der Waals surface area contributed by atoms with E-state index in [0.717, 1.165) is 41.5 Å². The molecule has 4 rings (SSSR count). The number of amides is 1. The van der Waals surface area contributed by atoms with Crippen LogP contribution in [0.15, 0.2) is 30.3 Å². The van der Waals surface area contributed by atoms with E-state index in [1.54, 1.807) is 6.07 Å². The number of benzene rings is 2. The van der Waals surface area contributed by atoms with Crippen molar-refractivity contribution in [2.75, 3.05) is 26.4 Å². The molecule has 1 aliphatic rings. The first-order chi connectivity index (χ1) is 19.3. The molecule has 216 valence electrons. The summed E-state index contributed by atoms with van der Waals surface area (Å²) in [6.07, 6.45) is 4.03. The topological polar surface area (TPSA) is 96.9 Å². The molecule has 0 bridgehead atoms. The first kappa shape index (κ1) is 29.5. The number of aryl methyl sites for hydroxylation is 2. The molecule has 2 aromatic carbocycles. The molecule has 1 unspecified atom stereocenters. The number of ether oxygens (including phenoxy) is 3. The van der Waals surface area contributed by atoms with Crippen LogP contribution in [0.3, 0.4) is 0 Å². The third-order valence-corrected chi connectivity index (χ3v) is 7.14. The number of phenolic OH excluding ortho intramolecular Hbond substituents is 1. The van der Waals surface area contributed by atoms with Crippen molar-refractivity contribution < 1.29 is 24.1 Å². The number of unbranched alkanes of at least 4 members (excludes halogenated alkanes) is 2. The number of H-pyrrole nitrogens is 1. The molecule has 40 heavy (non-hydrogen) atoms. The summed E-state index contributed by atoms with van der Waals surface area (Å²) in [6.45, 7) is 14.2. The molecule has 1 amide bonds. The zero-order valence-corrected chi connectivity index (χ0v) is 24.7. The molecule has 2 heterocycles. The Labute approximate surface area is 237 Å². The molecule has 0 fully saturated rings. The van der Waals surface area contributed by atoms with Crippen LogP contribution in [0.4, 0.5) is 0 Å². The van der Waals surface area contributed by atoms with Crippen LogP contribution in [0.2, 0.25) is 0 Å². The van der Waals surface area contributed by atoms with Crippen molar-refractivity contribution in [3.8, 4) is 28.5 Å². The highest BCUT2D eigenvalue weighted by atomic mass is 16.5. The quantitative estimate of drug-likeness (QED) is 0.217. The summed E-state index contributed by atoms with van der Waals surface area (Å²) in [4.78, 5) is 15.6. The number of fused-ring (bicyclic) bond motifs is 1. The summed E-state index contributed by atoms with van der Waals surface area (Å²) < 4.78 is 17.8. The molecule has 1 aromatic heterocycles. The molecular weight excluding hydrogens is 506 g/mol. The number of carbonyl (C=O) groups excluding carboxylic acids is 1. The van der Waals surface area contributed by atoms with Crippen LogP contribution < -0.4 is 9.47 Å². The number of aromatic nitrogens is 2. The van der Waals surface area contributed by atoms with Gasteiger partial charge >= 0.3 is 0 Å². The lowest BCUT2D eigenvalue weighted by Crippen LogP contribution is -2.31. The fraction of sp³-hybridized carbons (Fsp3) is 0.500. The Hall–Kier alpha value is -3.52. The fourth-order valence-corrected chi connectivity index (χ4v) is 5.39. The van der Waals surface area contributed by atoms with E-state index >= 15 is 0 Å². The highest BCUT2D eigenvalue weighted by Gasteiger charge is 2.42. The van der Waals surface area contributed by atoms with E-state index in [2.05, 4.69) is 17.1 Å². The number of aromatic hydroxyl groups is 1. The molecule has 0 saturated carbocycles. The van der Waals surface area contributed by atoms with E-state index in [9.17, 15) is 9.90 Å². The summed E-state index contributed by atoms with van der Waals surface area (Å²) in [7, 11) is 0. The third kappa shape index (κ3) is 6.28. The summed E-state index contributed by atoms with van der Waals surface area (Å²) in [5.74, 6) is 1.38. The van der Waals surface area contributed by atoms with Crippen LogP contribution in [0.1, 0.15) is 92.2 Å². The highest BCUT2D eigenvalue weighted by Crippen LogP contribution is 2.47. The smallest absolute Gasteiger partial charge is 0.273 e. The largest absolute Gasteiger partial charge is 0.507 e. The second kappa shape index (κ2) is 13.2. The molecule has 8 nitrogen and oxygen atoms in total. The molecular formula is C32H43N3O5. The van der Waals surface area contributed by atoms with Crippen molar-refractivity contribution in [3.63, 3.8) is 0 Å². The molecule has 1 atom stereocenters. The van der Waals surface area contributed by atoms with Gasteiger partial charge in [-0.25, -0.2) is 0 Å². The number of nitrogens with one attached hydrogen (secondary N) is 1. The van der Waals surface area contributed by atoms with E-state index in [1.165, 1.54) is 0 Å². The van der Waals surface area contributed by atoms with Gasteiger partial charge in [0.2, 0.25) is 0 Å². The lowest BCUT2D eigenvalue weighted by Gasteiger charge is -2.27. The van der Waals surface area contributed by atoms with Crippen LogP contribution >= 0.6 is 0 Å². The van der Waals surface area contributed by atoms with Crippen molar-refractivity contribution in [2.45, 2.75) is 79.4 Å². The van der Waals surface area contributed by atoms with Gasteiger partial charge in [0.05, 0.1) is 25.4 Å². The Balaban J connectivity index is 1.77. The van der Waals surface area contributed by atoms with Crippen molar-refractivity contribution in [3.05, 3.63) is 58.3 Å². The molecule has 0 radical (unpaired) electrons. The SMILES string of the molecule is CCCCCOc1ccc(C2c3c(-c4c(C)cc(C)cc4O)n[nH]c3C(=O)N2CCCOC(C)C)cc1OCC. The fourth-order valence-electron chi connectivity index (χ4n) is 5.39. The molecule has 8 heteroatoms. The Kier molecular flexibility index (Phi) is 9.74. The average Bonchev–Trinajstić information content (AvgIpc) is 3.43. The van der Waals surface area contributed by atoms with Crippen LogP contribution in [-0.2, 0) is 4.74 Å². The van der Waals surface area contributed by atoms with Gasteiger partial charge in [-0.15, -0.1) is 0 Å². The second-order valence-electron chi connectivity index (χ2n) is 10.7. The highest BCUT2D eigenvalue weighted by molar-refractivity contribution is 6.00. The monoisotopic (exact) mass is 549 g/mol. The average molecular weight is 550 g/mol. The minimum absolute atomic E-state index is 0.120. The minimum Gasteiger partial charge on any atom is -0.507 e. The first-order valence-corrected chi connectivity index (χ1v) is 14.5. The Bertz CT molecular complexity index is 1290. The van der Waals surface area contributed by atoms with Gasteiger partial charge in [0.25, 0.3) is 5.91 Å². The van der Waals surface area contributed by atoms with Crippen molar-refractivity contribution in [1.82, 2.24) is 15.1 Å². The van der Waals surface area contributed by atoms with Gasteiger partial charge in [-0.1, -0.05) is 31.9 Å². The number of aromatic amines is 1. The van der Waals surface area contributed by atoms with Gasteiger partial charge in [-0.2, -0.15) is 5.10 Å². The van der Waals surface area contributed by atoms with Crippen LogP contribution in [0.25, 0.3) is 11.3 Å². The number of hydrogen-bond donors (Lipinski definition) is 2. The maximum Gasteiger partial charge on any atom is 0.273 e. The summed E-state index contributed by atoms with van der Waals surface area (Å²) in [5.41, 5.74) is 5.18. The molecule has 1 aliphatic heterocycles. The number of phenols is 1. The zero-order chi connectivity index (χ0) is 28.8. The molecule has 0 spiro atoms. The number of carbonyl (C=O) groups is 1. The normalized spacial score (nSPS) is 14.7. The van der Waals surface area contributed by atoms with E-state index in [0.29, 0.717) is 61.2 Å². The van der Waals surface area contributed by atoms with Crippen molar-refractivity contribution in [1.29, 1.82) is 0 Å². The van der Waals surface area contributed by atoms with Crippen LogP contribution in [-0.4, -0.2) is 58.6 Å². The van der Waals surface area contributed by atoms with Gasteiger partial charge < -0.3 is 24.2 Å². The number of nitrogens with zero attached hydrogens (tertiary/aromatic N) is 2. The third-order valence-electron chi connectivity index (χ3n) is 7.14. The van der Waals surface area contributed by atoms with Gasteiger partial charge in [-0.3, -0.25) is 9.89 Å². The van der Waals surface area contributed by atoms with E-state index in [4.69, 9.17) is 14.2 Å². The first-order valence-electron chi connectivity index (χ1n) is 14.5. The zero-order valence-electron chi connectivity index (χ0n) is 24.7. The van der Waals surface area contributed by atoms with Gasteiger partial charge in [0, 0.05) is 24.3 Å². The predicted octanol–water partition coefficient (Wildman–Crippen LogP) is 6.73. The van der Waals surface area contributed by atoms with E-state index < -0.39 is 6.04 Å². The lowest BCUT2D eigenvalue weighted by atomic mass is 9.93. The number of rotatable bonds is 14. The Morgan fingerprint density at radius 2 is 1.82 bits per heavy atom. The molecule has 0 saturated heterocycles. The lowest BCUT2D eigenvalue weighted by molar-refractivity contribution is 0.0601. The van der Waals surface area contributed by atoms with E-state index in [-0.39, 0.29) is 17.8 Å². The molecule has 3 aromatic rings. The maximum absolute atomic E-state index is 13.8. The standard InChI is InChI=1S/C32H43N3O5/c1-7-9-10-15-40-25-13-12-23(19-26(25)38-8-2)31-28-29(27-22(6)17-21(5)18-24(27)36)33-34-30(28)32(37)35(31)14-11-16-39-20(3)4/h12-13,17-20,31,36H,7-11,14-16H2,1-6H3,(H,33,34). The molecule has 2 N–H and O–H groups in total. The van der Waals surface area contributed by atoms with Crippen LogP contribution in [0, 0.1) is 13.8 Å². The Morgan fingerprint density at radius 1 is 1.02 bits per heavy atom.